The van der Waals surface area contributed by atoms with Gasteiger partial charge < -0.3 is 5.11 Å². The van der Waals surface area contributed by atoms with E-state index in [4.69, 9.17) is 4.98 Å². The van der Waals surface area contributed by atoms with Crippen LogP contribution in [0.2, 0.25) is 0 Å². The highest BCUT2D eigenvalue weighted by atomic mass is 16.4. The number of nitrogens with zero attached hydrogens (tertiary/aromatic N) is 1. The van der Waals surface area contributed by atoms with Gasteiger partial charge in [-0.3, -0.25) is 9.78 Å². The molecule has 0 bridgehead atoms. The molecule has 104 valence electrons. The normalized spacial score (nSPS) is 14.3. The van der Waals surface area contributed by atoms with Crippen molar-refractivity contribution >= 4 is 16.9 Å². The molecule has 20 heavy (non-hydrogen) atoms. The van der Waals surface area contributed by atoms with Gasteiger partial charge in [0.1, 0.15) is 0 Å². The summed E-state index contributed by atoms with van der Waals surface area (Å²) in [6.07, 6.45) is 4.34. The topological polar surface area (TPSA) is 50.2 Å². The van der Waals surface area contributed by atoms with Crippen LogP contribution in [0, 0.1) is 13.8 Å². The van der Waals surface area contributed by atoms with Gasteiger partial charge in [0.2, 0.25) is 0 Å². The zero-order chi connectivity index (χ0) is 14.3. The Labute approximate surface area is 118 Å². The van der Waals surface area contributed by atoms with Gasteiger partial charge >= 0.3 is 5.97 Å². The van der Waals surface area contributed by atoms with E-state index in [0.717, 1.165) is 47.8 Å². The lowest BCUT2D eigenvalue weighted by atomic mass is 9.87. The SMILES string of the molecule is Cc1ccc2c(CC(=O)O)c3c(nc2c1C)CCCC3. The van der Waals surface area contributed by atoms with Gasteiger partial charge in [-0.15, -0.1) is 0 Å². The van der Waals surface area contributed by atoms with Crippen LogP contribution in [0.25, 0.3) is 10.9 Å². The largest absolute Gasteiger partial charge is 0.481 e. The minimum atomic E-state index is -0.761. The van der Waals surface area contributed by atoms with Crippen LogP contribution in [0.4, 0.5) is 0 Å². The Kier molecular flexibility index (Phi) is 3.20. The van der Waals surface area contributed by atoms with Crippen molar-refractivity contribution in [2.24, 2.45) is 0 Å². The Morgan fingerprint density at radius 3 is 2.75 bits per heavy atom. The van der Waals surface area contributed by atoms with Crippen molar-refractivity contribution < 1.29 is 9.90 Å². The quantitative estimate of drug-likeness (QED) is 0.909. The van der Waals surface area contributed by atoms with Crippen molar-refractivity contribution in [3.8, 4) is 0 Å². The Bertz CT molecular complexity index is 704. The Morgan fingerprint density at radius 2 is 2.00 bits per heavy atom. The van der Waals surface area contributed by atoms with Crippen LogP contribution < -0.4 is 0 Å². The molecular formula is C17H19NO2. The fourth-order valence-corrected chi connectivity index (χ4v) is 3.18. The summed E-state index contributed by atoms with van der Waals surface area (Å²) in [4.78, 5) is 16.1. The highest BCUT2D eigenvalue weighted by Gasteiger charge is 2.20. The van der Waals surface area contributed by atoms with E-state index in [-0.39, 0.29) is 6.42 Å². The molecule has 3 nitrogen and oxygen atoms in total. The molecule has 0 fully saturated rings. The molecule has 3 rings (SSSR count). The zero-order valence-corrected chi connectivity index (χ0v) is 12.0. The molecule has 0 aliphatic heterocycles. The molecule has 0 radical (unpaired) electrons. The molecule has 0 saturated carbocycles. The van der Waals surface area contributed by atoms with Crippen LogP contribution in [0.15, 0.2) is 12.1 Å². The number of aliphatic carboxylic acids is 1. The molecule has 2 aromatic rings. The number of fused-ring (bicyclic) bond motifs is 2. The van der Waals surface area contributed by atoms with Crippen molar-refractivity contribution in [1.82, 2.24) is 4.98 Å². The van der Waals surface area contributed by atoms with E-state index >= 15 is 0 Å². The second-order valence-electron chi connectivity index (χ2n) is 5.70. The van der Waals surface area contributed by atoms with Crippen LogP contribution in [0.5, 0.6) is 0 Å². The van der Waals surface area contributed by atoms with E-state index in [2.05, 4.69) is 19.9 Å². The lowest BCUT2D eigenvalue weighted by Gasteiger charge is -2.21. The van der Waals surface area contributed by atoms with E-state index in [1.165, 1.54) is 16.7 Å². The third kappa shape index (κ3) is 2.07. The number of carboxylic acids is 1. The average Bonchev–Trinajstić information content (AvgIpc) is 2.43. The maximum absolute atomic E-state index is 11.2. The molecule has 1 aromatic heterocycles. The molecule has 0 amide bonds. The zero-order valence-electron chi connectivity index (χ0n) is 12.0. The fourth-order valence-electron chi connectivity index (χ4n) is 3.18. The van der Waals surface area contributed by atoms with Crippen molar-refractivity contribution in [1.29, 1.82) is 0 Å². The lowest BCUT2D eigenvalue weighted by Crippen LogP contribution is -2.13. The van der Waals surface area contributed by atoms with Crippen LogP contribution >= 0.6 is 0 Å². The van der Waals surface area contributed by atoms with Gasteiger partial charge in [0, 0.05) is 11.1 Å². The Balaban J connectivity index is 2.35. The molecule has 0 atom stereocenters. The standard InChI is InChI=1S/C17H19NO2/c1-10-7-8-13-14(9-16(19)20)12-5-3-4-6-15(12)18-17(13)11(10)2/h7-8H,3-6,9H2,1-2H3,(H,19,20). The van der Waals surface area contributed by atoms with Gasteiger partial charge in [0.05, 0.1) is 11.9 Å². The van der Waals surface area contributed by atoms with Crippen molar-refractivity contribution in [3.63, 3.8) is 0 Å². The second-order valence-corrected chi connectivity index (χ2v) is 5.70. The van der Waals surface area contributed by atoms with E-state index in [1.54, 1.807) is 0 Å². The van der Waals surface area contributed by atoms with E-state index in [9.17, 15) is 9.90 Å². The number of carbonyl (C=O) groups is 1. The summed E-state index contributed by atoms with van der Waals surface area (Å²) in [5.74, 6) is -0.761. The number of carboxylic acid groups (broad SMARTS) is 1. The number of hydrogen-bond acceptors (Lipinski definition) is 2. The summed E-state index contributed by atoms with van der Waals surface area (Å²) in [6.45, 7) is 4.15. The summed E-state index contributed by atoms with van der Waals surface area (Å²) >= 11 is 0. The Morgan fingerprint density at radius 1 is 1.25 bits per heavy atom. The number of benzene rings is 1. The highest BCUT2D eigenvalue weighted by molar-refractivity contribution is 5.90. The minimum absolute atomic E-state index is 0.101. The maximum Gasteiger partial charge on any atom is 0.307 e. The minimum Gasteiger partial charge on any atom is -0.481 e. The maximum atomic E-state index is 11.2. The van der Waals surface area contributed by atoms with Gasteiger partial charge in [-0.2, -0.15) is 0 Å². The number of rotatable bonds is 2. The molecule has 0 spiro atoms. The highest BCUT2D eigenvalue weighted by Crippen LogP contribution is 2.31. The molecule has 1 aliphatic carbocycles. The molecule has 1 N–H and O–H groups in total. The molecule has 0 saturated heterocycles. The first kappa shape index (κ1) is 13.1. The molecule has 0 unspecified atom stereocenters. The fraction of sp³-hybridized carbons (Fsp3) is 0.412. The molecule has 3 heteroatoms. The van der Waals surface area contributed by atoms with Gasteiger partial charge in [-0.05, 0) is 61.8 Å². The number of hydrogen-bond donors (Lipinski definition) is 1. The van der Waals surface area contributed by atoms with Gasteiger partial charge in [-0.1, -0.05) is 12.1 Å². The lowest BCUT2D eigenvalue weighted by molar-refractivity contribution is -0.136. The predicted octanol–water partition coefficient (Wildman–Crippen LogP) is 3.36. The first-order chi connectivity index (χ1) is 9.58. The molecular weight excluding hydrogens is 250 g/mol. The Hall–Kier alpha value is -1.90. The number of aryl methyl sites for hydroxylation is 3. The third-order valence-electron chi connectivity index (χ3n) is 4.40. The summed E-state index contributed by atoms with van der Waals surface area (Å²) in [7, 11) is 0. The van der Waals surface area contributed by atoms with Gasteiger partial charge in [0.25, 0.3) is 0 Å². The van der Waals surface area contributed by atoms with Crippen molar-refractivity contribution in [2.45, 2.75) is 46.0 Å². The van der Waals surface area contributed by atoms with Crippen LogP contribution in [-0.2, 0) is 24.1 Å². The molecule has 1 aromatic carbocycles. The third-order valence-corrected chi connectivity index (χ3v) is 4.40. The first-order valence-electron chi connectivity index (χ1n) is 7.20. The van der Waals surface area contributed by atoms with Crippen LogP contribution in [0.3, 0.4) is 0 Å². The monoisotopic (exact) mass is 269 g/mol. The summed E-state index contributed by atoms with van der Waals surface area (Å²) in [5, 5.41) is 10.3. The second kappa shape index (κ2) is 4.89. The van der Waals surface area contributed by atoms with E-state index in [1.807, 2.05) is 6.07 Å². The van der Waals surface area contributed by atoms with Crippen LogP contribution in [0.1, 0.15) is 40.8 Å². The van der Waals surface area contributed by atoms with Crippen molar-refractivity contribution in [3.05, 3.63) is 40.1 Å². The van der Waals surface area contributed by atoms with Crippen molar-refractivity contribution in [2.75, 3.05) is 0 Å². The summed E-state index contributed by atoms with van der Waals surface area (Å²) in [6, 6.07) is 4.11. The average molecular weight is 269 g/mol. The van der Waals surface area contributed by atoms with Gasteiger partial charge in [0.15, 0.2) is 0 Å². The number of aromatic nitrogens is 1. The predicted molar refractivity (Wildman–Crippen MR) is 79.2 cm³/mol. The first-order valence-corrected chi connectivity index (χ1v) is 7.20. The van der Waals surface area contributed by atoms with Gasteiger partial charge in [-0.25, -0.2) is 0 Å². The van der Waals surface area contributed by atoms with E-state index < -0.39 is 5.97 Å². The summed E-state index contributed by atoms with van der Waals surface area (Å²) < 4.78 is 0. The molecule has 1 heterocycles. The van der Waals surface area contributed by atoms with Crippen LogP contribution in [-0.4, -0.2) is 16.1 Å². The smallest absolute Gasteiger partial charge is 0.307 e. The van der Waals surface area contributed by atoms with E-state index in [0.29, 0.717) is 0 Å². The molecule has 1 aliphatic rings. The number of pyridine rings is 1. The summed E-state index contributed by atoms with van der Waals surface area (Å²) in [5.41, 5.74) is 6.66.